The zero-order valence-electron chi connectivity index (χ0n) is 17.2. The SMILES string of the molecule is CCOP(=O)(OCC)[C@@H]1C[C@@H](CN2C(=O)c3cccc4cccc(c34)C2=O)ON1C. The molecule has 0 radical (unpaired) electrons. The lowest BCUT2D eigenvalue weighted by Crippen LogP contribution is -2.44. The standard InChI is InChI=1S/C21H25N2O6P/c1-4-27-30(26,28-5-2)18-12-15(29-22(18)3)13-23-20(24)16-10-6-8-14-9-7-11-17(19(14)16)21(23)25/h6-11,15,18H,4-5,12-13H2,1-3H3/t15-,18+/m0/s1. The minimum atomic E-state index is -3.42. The molecule has 0 spiro atoms. The highest BCUT2D eigenvalue weighted by Gasteiger charge is 2.47. The van der Waals surface area contributed by atoms with Gasteiger partial charge in [-0.15, -0.1) is 0 Å². The van der Waals surface area contributed by atoms with Crippen LogP contribution in [0.3, 0.4) is 0 Å². The second-order valence-electron chi connectivity index (χ2n) is 7.30. The Morgan fingerprint density at radius 3 is 2.13 bits per heavy atom. The van der Waals surface area contributed by atoms with Gasteiger partial charge in [0.1, 0.15) is 5.78 Å². The monoisotopic (exact) mass is 432 g/mol. The number of amides is 2. The average molecular weight is 432 g/mol. The zero-order chi connectivity index (χ0) is 21.5. The molecule has 9 heteroatoms. The molecule has 0 aromatic heterocycles. The Labute approximate surface area is 175 Å². The maximum absolute atomic E-state index is 13.2. The Morgan fingerprint density at radius 2 is 1.60 bits per heavy atom. The zero-order valence-corrected chi connectivity index (χ0v) is 18.1. The molecule has 0 aliphatic carbocycles. The highest BCUT2D eigenvalue weighted by Crippen LogP contribution is 2.57. The van der Waals surface area contributed by atoms with Crippen LogP contribution in [0.1, 0.15) is 41.0 Å². The molecule has 1 saturated heterocycles. The maximum atomic E-state index is 13.2. The van der Waals surface area contributed by atoms with E-state index < -0.39 is 19.5 Å². The van der Waals surface area contributed by atoms with Crippen molar-refractivity contribution in [3.05, 3.63) is 47.5 Å². The molecule has 4 rings (SSSR count). The highest BCUT2D eigenvalue weighted by atomic mass is 31.2. The van der Waals surface area contributed by atoms with Crippen LogP contribution < -0.4 is 0 Å². The fraction of sp³-hybridized carbons (Fsp3) is 0.429. The predicted molar refractivity (Wildman–Crippen MR) is 111 cm³/mol. The van der Waals surface area contributed by atoms with Gasteiger partial charge in [0.05, 0.1) is 25.9 Å². The van der Waals surface area contributed by atoms with Gasteiger partial charge in [-0.2, -0.15) is 5.06 Å². The van der Waals surface area contributed by atoms with Crippen LogP contribution in [-0.2, 0) is 18.5 Å². The second kappa shape index (κ2) is 8.21. The quantitative estimate of drug-likeness (QED) is 0.488. The Morgan fingerprint density at radius 1 is 1.03 bits per heavy atom. The molecule has 1 fully saturated rings. The van der Waals surface area contributed by atoms with Crippen LogP contribution in [0.4, 0.5) is 0 Å². The first-order chi connectivity index (χ1) is 14.4. The van der Waals surface area contributed by atoms with E-state index in [2.05, 4.69) is 0 Å². The average Bonchev–Trinajstić information content (AvgIpc) is 3.10. The largest absolute Gasteiger partial charge is 0.350 e. The second-order valence-corrected chi connectivity index (χ2v) is 9.49. The van der Waals surface area contributed by atoms with Gasteiger partial charge in [0, 0.05) is 30.0 Å². The van der Waals surface area contributed by atoms with Crippen LogP contribution >= 0.6 is 7.60 Å². The van der Waals surface area contributed by atoms with E-state index >= 15 is 0 Å². The summed E-state index contributed by atoms with van der Waals surface area (Å²) in [5.41, 5.74) is 1.000. The summed E-state index contributed by atoms with van der Waals surface area (Å²) in [6.07, 6.45) is -0.192. The molecule has 8 nitrogen and oxygen atoms in total. The van der Waals surface area contributed by atoms with E-state index in [4.69, 9.17) is 13.9 Å². The summed E-state index contributed by atoms with van der Waals surface area (Å²) < 4.78 is 24.1. The molecule has 0 unspecified atom stereocenters. The summed E-state index contributed by atoms with van der Waals surface area (Å²) in [5.74, 6) is -1.30. The first kappa shape index (κ1) is 21.2. The van der Waals surface area contributed by atoms with Gasteiger partial charge in [-0.05, 0) is 31.4 Å². The van der Waals surface area contributed by atoms with Crippen molar-refractivity contribution in [3.63, 3.8) is 0 Å². The number of benzene rings is 2. The fourth-order valence-electron chi connectivity index (χ4n) is 4.19. The highest BCUT2D eigenvalue weighted by molar-refractivity contribution is 7.54. The molecular weight excluding hydrogens is 407 g/mol. The number of carbonyl (C=O) groups excluding carboxylic acids is 2. The third-order valence-corrected chi connectivity index (χ3v) is 7.94. The molecule has 2 amide bonds. The van der Waals surface area contributed by atoms with Gasteiger partial charge < -0.3 is 9.05 Å². The van der Waals surface area contributed by atoms with E-state index in [0.717, 1.165) is 5.39 Å². The van der Waals surface area contributed by atoms with Crippen LogP contribution in [0.5, 0.6) is 0 Å². The molecule has 2 atom stereocenters. The number of rotatable bonds is 7. The van der Waals surface area contributed by atoms with Crippen LogP contribution in [0, 0.1) is 0 Å². The van der Waals surface area contributed by atoms with E-state index in [1.54, 1.807) is 33.0 Å². The Balaban J connectivity index is 1.58. The van der Waals surface area contributed by atoms with Crippen LogP contribution in [0.25, 0.3) is 10.8 Å². The predicted octanol–water partition coefficient (Wildman–Crippen LogP) is 3.66. The smallest absolute Gasteiger partial charge is 0.308 e. The van der Waals surface area contributed by atoms with Crippen molar-refractivity contribution < 1.29 is 28.0 Å². The van der Waals surface area contributed by atoms with Crippen molar-refractivity contribution in [1.29, 1.82) is 0 Å². The molecule has 160 valence electrons. The fourth-order valence-corrected chi connectivity index (χ4v) is 6.27. The summed E-state index contributed by atoms with van der Waals surface area (Å²) in [6.45, 7) is 4.05. The lowest BCUT2D eigenvalue weighted by atomic mass is 9.94. The van der Waals surface area contributed by atoms with Crippen molar-refractivity contribution in [1.82, 2.24) is 9.96 Å². The third kappa shape index (κ3) is 3.49. The number of hydrogen-bond acceptors (Lipinski definition) is 7. The van der Waals surface area contributed by atoms with Gasteiger partial charge >= 0.3 is 7.60 Å². The van der Waals surface area contributed by atoms with Crippen molar-refractivity contribution in [2.75, 3.05) is 26.8 Å². The van der Waals surface area contributed by atoms with Crippen LogP contribution in [-0.4, -0.2) is 60.5 Å². The minimum Gasteiger partial charge on any atom is -0.308 e. The summed E-state index contributed by atoms with van der Waals surface area (Å²) in [4.78, 5) is 33.2. The normalized spacial score (nSPS) is 22.3. The van der Waals surface area contributed by atoms with Crippen molar-refractivity contribution in [2.24, 2.45) is 0 Å². The van der Waals surface area contributed by atoms with Gasteiger partial charge in [0.15, 0.2) is 0 Å². The topological polar surface area (TPSA) is 85.4 Å². The van der Waals surface area contributed by atoms with Gasteiger partial charge in [0.25, 0.3) is 11.8 Å². The van der Waals surface area contributed by atoms with Crippen molar-refractivity contribution >= 4 is 30.2 Å². The Hall–Kier alpha value is -2.09. The van der Waals surface area contributed by atoms with E-state index in [9.17, 15) is 14.2 Å². The molecule has 2 heterocycles. The van der Waals surface area contributed by atoms with E-state index in [0.29, 0.717) is 22.9 Å². The van der Waals surface area contributed by atoms with Gasteiger partial charge in [-0.1, -0.05) is 24.3 Å². The molecule has 0 N–H and O–H groups in total. The minimum absolute atomic E-state index is 0.0570. The molecule has 30 heavy (non-hydrogen) atoms. The van der Waals surface area contributed by atoms with Crippen LogP contribution in [0.2, 0.25) is 0 Å². The number of carbonyl (C=O) groups is 2. The lowest BCUT2D eigenvalue weighted by molar-refractivity contribution is -0.137. The molecule has 2 aromatic carbocycles. The first-order valence-electron chi connectivity index (χ1n) is 10.1. The van der Waals surface area contributed by atoms with Gasteiger partial charge in [-0.25, -0.2) is 0 Å². The molecule has 0 bridgehead atoms. The molecule has 2 aliphatic rings. The number of nitrogens with zero attached hydrogens (tertiary/aromatic N) is 2. The molecule has 0 saturated carbocycles. The number of hydroxylamine groups is 2. The first-order valence-corrected chi connectivity index (χ1v) is 11.7. The molecular formula is C21H25N2O6P. The van der Waals surface area contributed by atoms with Crippen LogP contribution in [0.15, 0.2) is 36.4 Å². The number of hydrogen-bond donors (Lipinski definition) is 0. The van der Waals surface area contributed by atoms with Gasteiger partial charge in [-0.3, -0.25) is 23.9 Å². The van der Waals surface area contributed by atoms with Crippen molar-refractivity contribution in [3.8, 4) is 0 Å². The van der Waals surface area contributed by atoms with E-state index in [1.807, 2.05) is 24.3 Å². The summed E-state index contributed by atoms with van der Waals surface area (Å²) in [5, 5.41) is 3.01. The van der Waals surface area contributed by atoms with Crippen molar-refractivity contribution in [2.45, 2.75) is 32.2 Å². The Kier molecular flexibility index (Phi) is 5.79. The third-order valence-electron chi connectivity index (χ3n) is 5.43. The van der Waals surface area contributed by atoms with Gasteiger partial charge in [0.2, 0.25) is 0 Å². The van der Waals surface area contributed by atoms with E-state index in [-0.39, 0.29) is 31.6 Å². The summed E-state index contributed by atoms with van der Waals surface area (Å²) >= 11 is 0. The molecule has 2 aliphatic heterocycles. The lowest BCUT2D eigenvalue weighted by Gasteiger charge is -2.28. The summed E-state index contributed by atoms with van der Waals surface area (Å²) in [7, 11) is -1.76. The maximum Gasteiger partial charge on any atom is 0.350 e. The summed E-state index contributed by atoms with van der Waals surface area (Å²) in [6, 6.07) is 10.9. The van der Waals surface area contributed by atoms with E-state index in [1.165, 1.54) is 9.96 Å². The molecule has 2 aromatic rings. The Bertz CT molecular complexity index is 981. The number of imide groups is 1.